The highest BCUT2D eigenvalue weighted by Gasteiger charge is 2.28. The molecule has 0 radical (unpaired) electrons. The van der Waals surface area contributed by atoms with Gasteiger partial charge in [-0.25, -0.2) is 9.97 Å². The zero-order valence-electron chi connectivity index (χ0n) is 11.9. The molecular weight excluding hydrogens is 240 g/mol. The van der Waals surface area contributed by atoms with E-state index < -0.39 is 0 Å². The number of anilines is 2. The summed E-state index contributed by atoms with van der Waals surface area (Å²) in [7, 11) is 0. The minimum absolute atomic E-state index is 0.202. The van der Waals surface area contributed by atoms with Gasteiger partial charge in [-0.1, -0.05) is 6.92 Å². The van der Waals surface area contributed by atoms with E-state index in [1.807, 2.05) is 6.92 Å². The molecule has 5 heteroatoms. The number of hydrogen-bond acceptors (Lipinski definition) is 5. The summed E-state index contributed by atoms with van der Waals surface area (Å²) in [5.41, 5.74) is 1.07. The molecule has 1 aromatic heterocycles. The molecule has 19 heavy (non-hydrogen) atoms. The molecule has 1 fully saturated rings. The Bertz CT molecular complexity index is 418. The maximum Gasteiger partial charge on any atom is 0.136 e. The lowest BCUT2D eigenvalue weighted by Gasteiger charge is -2.14. The summed E-state index contributed by atoms with van der Waals surface area (Å²) >= 11 is 0. The molecule has 0 bridgehead atoms. The van der Waals surface area contributed by atoms with Crippen molar-refractivity contribution in [2.75, 3.05) is 30.3 Å². The van der Waals surface area contributed by atoms with Gasteiger partial charge in [0.25, 0.3) is 0 Å². The Morgan fingerprint density at radius 3 is 2.32 bits per heavy atom. The molecular formula is C14H24N4O. The molecule has 3 N–H and O–H groups in total. The van der Waals surface area contributed by atoms with E-state index in [1.165, 1.54) is 12.8 Å². The zero-order valence-corrected chi connectivity index (χ0v) is 11.9. The van der Waals surface area contributed by atoms with Crippen LogP contribution in [0.1, 0.15) is 49.9 Å². The van der Waals surface area contributed by atoms with E-state index in [2.05, 4.69) is 27.5 Å². The lowest BCUT2D eigenvalue weighted by Crippen LogP contribution is -2.12. The minimum Gasteiger partial charge on any atom is -0.396 e. The Hall–Kier alpha value is -1.36. The zero-order chi connectivity index (χ0) is 13.7. The monoisotopic (exact) mass is 264 g/mol. The predicted molar refractivity (Wildman–Crippen MR) is 77.7 cm³/mol. The molecule has 1 aliphatic rings. The van der Waals surface area contributed by atoms with Crippen LogP contribution in [-0.2, 0) is 0 Å². The van der Waals surface area contributed by atoms with E-state index in [0.29, 0.717) is 5.92 Å². The maximum absolute atomic E-state index is 8.85. The van der Waals surface area contributed by atoms with Gasteiger partial charge in [0.15, 0.2) is 0 Å². The van der Waals surface area contributed by atoms with Crippen molar-refractivity contribution in [1.29, 1.82) is 0 Å². The summed E-state index contributed by atoms with van der Waals surface area (Å²) in [6.07, 6.45) is 4.22. The molecule has 0 saturated heterocycles. The number of aromatic nitrogens is 2. The van der Waals surface area contributed by atoms with E-state index in [1.54, 1.807) is 0 Å². The number of hydrogen-bond donors (Lipinski definition) is 3. The first-order chi connectivity index (χ1) is 9.26. The Kier molecular flexibility index (Phi) is 4.96. The van der Waals surface area contributed by atoms with Gasteiger partial charge in [-0.2, -0.15) is 0 Å². The summed E-state index contributed by atoms with van der Waals surface area (Å²) in [5.74, 6) is 3.35. The largest absolute Gasteiger partial charge is 0.396 e. The van der Waals surface area contributed by atoms with Crippen LogP contribution < -0.4 is 10.6 Å². The van der Waals surface area contributed by atoms with Crippen LogP contribution in [0.15, 0.2) is 0 Å². The molecule has 1 aliphatic carbocycles. The van der Waals surface area contributed by atoms with Crippen LogP contribution in [0.25, 0.3) is 0 Å². The van der Waals surface area contributed by atoms with Gasteiger partial charge in [-0.3, -0.25) is 0 Å². The van der Waals surface area contributed by atoms with E-state index in [-0.39, 0.29) is 6.61 Å². The third kappa shape index (κ3) is 3.80. The second-order valence-corrected chi connectivity index (χ2v) is 5.11. The number of aliphatic hydroxyl groups is 1. The second kappa shape index (κ2) is 6.70. The van der Waals surface area contributed by atoms with Crippen molar-refractivity contribution in [3.63, 3.8) is 0 Å². The summed E-state index contributed by atoms with van der Waals surface area (Å²) in [6, 6.07) is 0. The van der Waals surface area contributed by atoms with Gasteiger partial charge in [0.05, 0.1) is 0 Å². The molecule has 2 rings (SSSR count). The van der Waals surface area contributed by atoms with Gasteiger partial charge in [0, 0.05) is 31.2 Å². The molecule has 0 amide bonds. The van der Waals surface area contributed by atoms with Gasteiger partial charge in [0.2, 0.25) is 0 Å². The highest BCUT2D eigenvalue weighted by molar-refractivity contribution is 5.57. The van der Waals surface area contributed by atoms with E-state index >= 15 is 0 Å². The van der Waals surface area contributed by atoms with Gasteiger partial charge in [-0.15, -0.1) is 0 Å². The summed E-state index contributed by atoms with van der Waals surface area (Å²) < 4.78 is 0. The van der Waals surface area contributed by atoms with Crippen LogP contribution in [0.2, 0.25) is 0 Å². The molecule has 1 aromatic rings. The average molecular weight is 264 g/mol. The quantitative estimate of drug-likeness (QED) is 0.628. The van der Waals surface area contributed by atoms with Crippen LogP contribution in [0.5, 0.6) is 0 Å². The SMILES string of the molecule is CCCNc1nc(C2CC2)nc(NCCCO)c1C. The standard InChI is InChI=1S/C14H24N4O/c1-3-7-15-12-10(2)13(16-8-4-9-19)18-14(17-12)11-5-6-11/h11,19H,3-9H2,1-2H3,(H2,15,16,17,18). The van der Waals surface area contributed by atoms with Crippen molar-refractivity contribution in [2.24, 2.45) is 0 Å². The fraction of sp³-hybridized carbons (Fsp3) is 0.714. The van der Waals surface area contributed by atoms with Crippen LogP contribution >= 0.6 is 0 Å². The Morgan fingerprint density at radius 1 is 1.16 bits per heavy atom. The maximum atomic E-state index is 8.85. The van der Waals surface area contributed by atoms with Crippen molar-refractivity contribution in [2.45, 2.75) is 45.4 Å². The lowest BCUT2D eigenvalue weighted by atomic mass is 10.2. The number of nitrogens with one attached hydrogen (secondary N) is 2. The summed E-state index contributed by atoms with van der Waals surface area (Å²) in [4.78, 5) is 9.28. The highest BCUT2D eigenvalue weighted by Crippen LogP contribution is 2.39. The summed E-state index contributed by atoms with van der Waals surface area (Å²) in [6.45, 7) is 6.05. The van der Waals surface area contributed by atoms with Crippen molar-refractivity contribution < 1.29 is 5.11 Å². The Morgan fingerprint density at radius 2 is 1.79 bits per heavy atom. The van der Waals surface area contributed by atoms with Crippen molar-refractivity contribution in [1.82, 2.24) is 9.97 Å². The van der Waals surface area contributed by atoms with Crippen molar-refractivity contribution in [3.8, 4) is 0 Å². The fourth-order valence-electron chi connectivity index (χ4n) is 1.93. The number of rotatable bonds is 8. The van der Waals surface area contributed by atoms with Crippen molar-refractivity contribution in [3.05, 3.63) is 11.4 Å². The average Bonchev–Trinajstić information content (AvgIpc) is 3.24. The topological polar surface area (TPSA) is 70.1 Å². The highest BCUT2D eigenvalue weighted by atomic mass is 16.3. The number of nitrogens with zero attached hydrogens (tertiary/aromatic N) is 2. The van der Waals surface area contributed by atoms with E-state index in [9.17, 15) is 0 Å². The molecule has 0 aliphatic heterocycles. The van der Waals surface area contributed by atoms with Crippen LogP contribution in [-0.4, -0.2) is 34.8 Å². The molecule has 0 spiro atoms. The molecule has 5 nitrogen and oxygen atoms in total. The fourth-order valence-corrected chi connectivity index (χ4v) is 1.93. The molecule has 0 aromatic carbocycles. The second-order valence-electron chi connectivity index (χ2n) is 5.11. The van der Waals surface area contributed by atoms with Gasteiger partial charge in [-0.05, 0) is 32.6 Å². The minimum atomic E-state index is 0.202. The number of aliphatic hydroxyl groups excluding tert-OH is 1. The van der Waals surface area contributed by atoms with Gasteiger partial charge in [0.1, 0.15) is 17.5 Å². The first-order valence-corrected chi connectivity index (χ1v) is 7.23. The molecule has 0 unspecified atom stereocenters. The first kappa shape index (κ1) is 14.1. The smallest absolute Gasteiger partial charge is 0.136 e. The molecule has 1 saturated carbocycles. The van der Waals surface area contributed by atoms with Gasteiger partial charge < -0.3 is 15.7 Å². The lowest BCUT2D eigenvalue weighted by molar-refractivity contribution is 0.292. The third-order valence-corrected chi connectivity index (χ3v) is 3.28. The van der Waals surface area contributed by atoms with Gasteiger partial charge >= 0.3 is 0 Å². The van der Waals surface area contributed by atoms with Crippen LogP contribution in [0.4, 0.5) is 11.6 Å². The third-order valence-electron chi connectivity index (χ3n) is 3.28. The van der Waals surface area contributed by atoms with Crippen LogP contribution in [0.3, 0.4) is 0 Å². The van der Waals surface area contributed by atoms with Crippen molar-refractivity contribution >= 4 is 11.6 Å². The predicted octanol–water partition coefficient (Wildman–Crippen LogP) is 2.28. The van der Waals surface area contributed by atoms with E-state index in [0.717, 1.165) is 49.0 Å². The Labute approximate surface area is 114 Å². The van der Waals surface area contributed by atoms with E-state index in [4.69, 9.17) is 5.11 Å². The summed E-state index contributed by atoms with van der Waals surface area (Å²) in [5, 5.41) is 15.5. The molecule has 0 atom stereocenters. The Balaban J connectivity index is 2.16. The normalized spacial score (nSPS) is 14.5. The first-order valence-electron chi connectivity index (χ1n) is 7.23. The molecule has 1 heterocycles. The molecule has 106 valence electrons. The van der Waals surface area contributed by atoms with Crippen LogP contribution in [0, 0.1) is 6.92 Å².